The summed E-state index contributed by atoms with van der Waals surface area (Å²) in [5.74, 6) is -0.314. The zero-order valence-corrected chi connectivity index (χ0v) is 14.6. The van der Waals surface area contributed by atoms with Crippen LogP contribution in [0.3, 0.4) is 0 Å². The Bertz CT molecular complexity index is 864. The summed E-state index contributed by atoms with van der Waals surface area (Å²) in [4.78, 5) is 17.9. The van der Waals surface area contributed by atoms with E-state index in [2.05, 4.69) is 15.4 Å². The average molecular weight is 353 g/mol. The number of carbonyl (C=O) groups is 1. The quantitative estimate of drug-likeness (QED) is 0.765. The summed E-state index contributed by atoms with van der Waals surface area (Å²) < 4.78 is 14.9. The van der Waals surface area contributed by atoms with E-state index >= 15 is 0 Å². The number of urea groups is 1. The Balaban J connectivity index is 1.61. The summed E-state index contributed by atoms with van der Waals surface area (Å²) in [5.41, 5.74) is 2.62. The third-order valence-electron chi connectivity index (χ3n) is 4.29. The standard InChI is InChI=1S/C19H20FN5O/c1-14(16-6-8-18(9-7-16)25-13-21-12-23-25)24(2)19(26)22-11-15-4-3-5-17(20)10-15/h3-10,12-14H,11H2,1-2H3,(H,22,26). The number of rotatable bonds is 5. The molecule has 1 unspecified atom stereocenters. The van der Waals surface area contributed by atoms with Crippen molar-refractivity contribution in [2.24, 2.45) is 0 Å². The fourth-order valence-corrected chi connectivity index (χ4v) is 2.60. The summed E-state index contributed by atoms with van der Waals surface area (Å²) in [6.07, 6.45) is 3.11. The molecule has 2 amide bonds. The second-order valence-electron chi connectivity index (χ2n) is 6.01. The van der Waals surface area contributed by atoms with E-state index < -0.39 is 0 Å². The first kappa shape index (κ1) is 17.6. The lowest BCUT2D eigenvalue weighted by atomic mass is 10.1. The van der Waals surface area contributed by atoms with Crippen LogP contribution in [0, 0.1) is 5.82 Å². The summed E-state index contributed by atoms with van der Waals surface area (Å²) in [6, 6.07) is 13.6. The van der Waals surface area contributed by atoms with Crippen molar-refractivity contribution in [1.29, 1.82) is 0 Å². The predicted molar refractivity (Wildman–Crippen MR) is 96.2 cm³/mol. The molecule has 0 bridgehead atoms. The Morgan fingerprint density at radius 3 is 2.69 bits per heavy atom. The van der Waals surface area contributed by atoms with Crippen LogP contribution in [0.5, 0.6) is 0 Å². The molecule has 0 aliphatic rings. The van der Waals surface area contributed by atoms with Crippen molar-refractivity contribution < 1.29 is 9.18 Å². The topological polar surface area (TPSA) is 63.1 Å². The van der Waals surface area contributed by atoms with E-state index in [1.807, 2.05) is 31.2 Å². The van der Waals surface area contributed by atoms with Crippen molar-refractivity contribution in [1.82, 2.24) is 25.0 Å². The molecule has 2 aromatic carbocycles. The van der Waals surface area contributed by atoms with Gasteiger partial charge >= 0.3 is 6.03 Å². The van der Waals surface area contributed by atoms with Gasteiger partial charge in [0.1, 0.15) is 18.5 Å². The average Bonchev–Trinajstić information content (AvgIpc) is 3.20. The van der Waals surface area contributed by atoms with Gasteiger partial charge in [-0.05, 0) is 42.3 Å². The molecule has 0 saturated heterocycles. The van der Waals surface area contributed by atoms with E-state index in [4.69, 9.17) is 0 Å². The van der Waals surface area contributed by atoms with Gasteiger partial charge in [-0.1, -0.05) is 24.3 Å². The van der Waals surface area contributed by atoms with Crippen LogP contribution in [0.15, 0.2) is 61.2 Å². The number of aromatic nitrogens is 3. The number of carbonyl (C=O) groups excluding carboxylic acids is 1. The van der Waals surface area contributed by atoms with Gasteiger partial charge in [0.25, 0.3) is 0 Å². The third kappa shape index (κ3) is 4.05. The summed E-state index contributed by atoms with van der Waals surface area (Å²) in [6.45, 7) is 2.23. The zero-order valence-electron chi connectivity index (χ0n) is 14.6. The lowest BCUT2D eigenvalue weighted by Gasteiger charge is -2.25. The van der Waals surface area contributed by atoms with Gasteiger partial charge in [-0.3, -0.25) is 0 Å². The molecule has 1 N–H and O–H groups in total. The minimum Gasteiger partial charge on any atom is -0.334 e. The van der Waals surface area contributed by atoms with E-state index in [9.17, 15) is 9.18 Å². The first-order valence-electron chi connectivity index (χ1n) is 8.24. The summed E-state index contributed by atoms with van der Waals surface area (Å²) in [5, 5.41) is 6.90. The van der Waals surface area contributed by atoms with Gasteiger partial charge in [0.15, 0.2) is 0 Å². The molecule has 7 heteroatoms. The summed E-state index contributed by atoms with van der Waals surface area (Å²) >= 11 is 0. The van der Waals surface area contributed by atoms with Crippen molar-refractivity contribution in [3.63, 3.8) is 0 Å². The minimum absolute atomic E-state index is 0.118. The highest BCUT2D eigenvalue weighted by atomic mass is 19.1. The highest BCUT2D eigenvalue weighted by Gasteiger charge is 2.17. The summed E-state index contributed by atoms with van der Waals surface area (Å²) in [7, 11) is 1.73. The van der Waals surface area contributed by atoms with E-state index in [-0.39, 0.29) is 24.4 Å². The molecule has 3 rings (SSSR count). The van der Waals surface area contributed by atoms with E-state index in [0.29, 0.717) is 0 Å². The van der Waals surface area contributed by atoms with Gasteiger partial charge in [0, 0.05) is 13.6 Å². The highest BCUT2D eigenvalue weighted by molar-refractivity contribution is 5.74. The first-order chi connectivity index (χ1) is 12.5. The molecular formula is C19H20FN5O. The highest BCUT2D eigenvalue weighted by Crippen LogP contribution is 2.20. The maximum Gasteiger partial charge on any atom is 0.317 e. The molecule has 26 heavy (non-hydrogen) atoms. The van der Waals surface area contributed by atoms with Crippen molar-refractivity contribution >= 4 is 6.03 Å². The number of benzene rings is 2. The molecule has 0 saturated carbocycles. The van der Waals surface area contributed by atoms with Crippen molar-refractivity contribution in [2.45, 2.75) is 19.5 Å². The Morgan fingerprint density at radius 2 is 2.04 bits per heavy atom. The van der Waals surface area contributed by atoms with Gasteiger partial charge in [0.05, 0.1) is 11.7 Å². The zero-order chi connectivity index (χ0) is 18.5. The second kappa shape index (κ2) is 7.77. The maximum absolute atomic E-state index is 13.2. The van der Waals surface area contributed by atoms with Crippen LogP contribution in [0.2, 0.25) is 0 Å². The van der Waals surface area contributed by atoms with Crippen LogP contribution in [-0.2, 0) is 6.54 Å². The molecule has 0 aliphatic heterocycles. The molecule has 134 valence electrons. The van der Waals surface area contributed by atoms with Crippen LogP contribution in [0.25, 0.3) is 5.69 Å². The van der Waals surface area contributed by atoms with Gasteiger partial charge < -0.3 is 10.2 Å². The molecule has 1 aromatic heterocycles. The Hall–Kier alpha value is -3.22. The minimum atomic E-state index is -0.314. The predicted octanol–water partition coefficient (Wildman–Crippen LogP) is 3.31. The molecular weight excluding hydrogens is 333 g/mol. The SMILES string of the molecule is CC(c1ccc(-n2cncn2)cc1)N(C)C(=O)NCc1cccc(F)c1. The van der Waals surface area contributed by atoms with Gasteiger partial charge in [-0.25, -0.2) is 18.9 Å². The Kier molecular flexibility index (Phi) is 5.26. The lowest BCUT2D eigenvalue weighted by molar-refractivity contribution is 0.194. The van der Waals surface area contributed by atoms with Gasteiger partial charge in [0.2, 0.25) is 0 Å². The van der Waals surface area contributed by atoms with E-state index in [1.54, 1.807) is 35.1 Å². The number of hydrogen-bond acceptors (Lipinski definition) is 3. The fourth-order valence-electron chi connectivity index (χ4n) is 2.60. The molecule has 1 heterocycles. The largest absolute Gasteiger partial charge is 0.334 e. The van der Waals surface area contributed by atoms with Crippen LogP contribution >= 0.6 is 0 Å². The van der Waals surface area contributed by atoms with E-state index in [0.717, 1.165) is 16.8 Å². The van der Waals surface area contributed by atoms with Gasteiger partial charge in [-0.2, -0.15) is 5.10 Å². The molecule has 0 fully saturated rings. The van der Waals surface area contributed by atoms with Crippen LogP contribution in [-0.4, -0.2) is 32.7 Å². The molecule has 3 aromatic rings. The van der Waals surface area contributed by atoms with Gasteiger partial charge in [-0.15, -0.1) is 0 Å². The number of nitrogens with zero attached hydrogens (tertiary/aromatic N) is 4. The fraction of sp³-hybridized carbons (Fsp3) is 0.211. The molecule has 0 spiro atoms. The normalized spacial score (nSPS) is 11.8. The first-order valence-corrected chi connectivity index (χ1v) is 8.24. The molecule has 0 radical (unpaired) electrons. The third-order valence-corrected chi connectivity index (χ3v) is 4.29. The molecule has 0 aliphatic carbocycles. The van der Waals surface area contributed by atoms with Crippen LogP contribution in [0.1, 0.15) is 24.1 Å². The van der Waals surface area contributed by atoms with Crippen LogP contribution in [0.4, 0.5) is 9.18 Å². The number of hydrogen-bond donors (Lipinski definition) is 1. The number of nitrogens with one attached hydrogen (secondary N) is 1. The van der Waals surface area contributed by atoms with Crippen molar-refractivity contribution in [3.8, 4) is 5.69 Å². The smallest absolute Gasteiger partial charge is 0.317 e. The second-order valence-corrected chi connectivity index (χ2v) is 6.01. The number of halogens is 1. The molecule has 1 atom stereocenters. The van der Waals surface area contributed by atoms with Crippen molar-refractivity contribution in [2.75, 3.05) is 7.05 Å². The van der Waals surface area contributed by atoms with Crippen molar-refractivity contribution in [3.05, 3.63) is 78.1 Å². The Morgan fingerprint density at radius 1 is 1.27 bits per heavy atom. The number of amides is 2. The molecule has 6 nitrogen and oxygen atoms in total. The maximum atomic E-state index is 13.2. The van der Waals surface area contributed by atoms with Crippen LogP contribution < -0.4 is 5.32 Å². The monoisotopic (exact) mass is 353 g/mol. The lowest BCUT2D eigenvalue weighted by Crippen LogP contribution is -2.38. The Labute approximate surface area is 151 Å². The van der Waals surface area contributed by atoms with E-state index in [1.165, 1.54) is 18.5 Å².